The number of aliphatic hydroxyl groups is 2. The van der Waals surface area contributed by atoms with Gasteiger partial charge >= 0.3 is 5.97 Å². The van der Waals surface area contributed by atoms with Gasteiger partial charge in [0.1, 0.15) is 6.10 Å². The molecule has 3 N–H and O–H groups in total. The topological polar surface area (TPSA) is 95.9 Å². The summed E-state index contributed by atoms with van der Waals surface area (Å²) in [5, 5.41) is 23.8. The van der Waals surface area contributed by atoms with Crippen molar-refractivity contribution in [1.82, 2.24) is 5.32 Å². The second-order valence-corrected chi connectivity index (χ2v) is 18.3. The molecule has 0 aromatic heterocycles. The third kappa shape index (κ3) is 41.6. The summed E-state index contributed by atoms with van der Waals surface area (Å²) in [6.45, 7) is 6.49. The summed E-state index contributed by atoms with van der Waals surface area (Å²) in [6.07, 6.45) is 50.3. The van der Waals surface area contributed by atoms with Crippen LogP contribution < -0.4 is 5.32 Å². The minimum atomic E-state index is -0.778. The number of hydrogen-bond donors (Lipinski definition) is 3. The zero-order valence-electron chi connectivity index (χ0n) is 39.5. The smallest absolute Gasteiger partial charge is 0.306 e. The van der Waals surface area contributed by atoms with Crippen LogP contribution in [0.1, 0.15) is 297 Å². The summed E-state index contributed by atoms with van der Waals surface area (Å²) < 4.78 is 5.91. The number of ether oxygens (including phenoxy) is 1. The minimum Gasteiger partial charge on any atom is -0.462 e. The van der Waals surface area contributed by atoms with Gasteiger partial charge in [0.15, 0.2) is 0 Å². The van der Waals surface area contributed by atoms with Crippen molar-refractivity contribution in [3.8, 4) is 0 Å². The molecule has 6 heteroatoms. The maximum Gasteiger partial charge on any atom is 0.306 e. The summed E-state index contributed by atoms with van der Waals surface area (Å²) in [6, 6.07) is -0.691. The number of amides is 1. The van der Waals surface area contributed by atoms with E-state index in [4.69, 9.17) is 4.74 Å². The number of carbonyl (C=O) groups excluding carboxylic acids is 2. The molecule has 0 aromatic rings. The number of carbonyl (C=O) groups is 2. The van der Waals surface area contributed by atoms with E-state index in [9.17, 15) is 19.8 Å². The van der Waals surface area contributed by atoms with Crippen molar-refractivity contribution in [3.05, 3.63) is 0 Å². The van der Waals surface area contributed by atoms with E-state index in [1.54, 1.807) is 0 Å². The standard InChI is InChI=1S/C52H103NO5/c1-4-7-10-13-16-19-21-23-25-26-27-28-30-32-35-38-41-44-50(55)49(47-54)53-51(56)46-48(43-40-37-34-18-15-12-9-6-3)58-52(57)45-42-39-36-33-31-29-24-22-20-17-14-11-8-5-2/h48-50,54-55H,4-47H2,1-3H3,(H,53,56). The molecule has 0 rings (SSSR count). The Bertz CT molecular complexity index is 837. The first-order valence-electron chi connectivity index (χ1n) is 26.3. The molecule has 0 aliphatic heterocycles. The van der Waals surface area contributed by atoms with Crippen LogP contribution in [-0.2, 0) is 14.3 Å². The molecule has 0 spiro atoms. The molecular formula is C52H103NO5. The van der Waals surface area contributed by atoms with Crippen LogP contribution in [0.3, 0.4) is 0 Å². The molecule has 0 bridgehead atoms. The Balaban J connectivity index is 4.33. The predicted octanol–water partition coefficient (Wildman–Crippen LogP) is 15.6. The molecule has 346 valence electrons. The highest BCUT2D eigenvalue weighted by molar-refractivity contribution is 5.77. The number of rotatable bonds is 48. The summed E-state index contributed by atoms with van der Waals surface area (Å²) in [4.78, 5) is 26.0. The zero-order chi connectivity index (χ0) is 42.4. The Hall–Kier alpha value is -1.14. The van der Waals surface area contributed by atoms with Crippen LogP contribution in [0.15, 0.2) is 0 Å². The van der Waals surface area contributed by atoms with Gasteiger partial charge in [-0.05, 0) is 25.7 Å². The van der Waals surface area contributed by atoms with Crippen molar-refractivity contribution in [2.45, 2.75) is 315 Å². The molecule has 1 amide bonds. The van der Waals surface area contributed by atoms with Crippen LogP contribution in [0.2, 0.25) is 0 Å². The molecule has 0 fully saturated rings. The lowest BCUT2D eigenvalue weighted by Crippen LogP contribution is -2.46. The van der Waals surface area contributed by atoms with Crippen LogP contribution in [0.4, 0.5) is 0 Å². The molecule has 3 atom stereocenters. The van der Waals surface area contributed by atoms with Crippen molar-refractivity contribution >= 4 is 11.9 Å². The summed E-state index contributed by atoms with van der Waals surface area (Å²) in [5.41, 5.74) is 0. The van der Waals surface area contributed by atoms with Crippen LogP contribution in [-0.4, -0.2) is 46.9 Å². The molecule has 0 aliphatic carbocycles. The fraction of sp³-hybridized carbons (Fsp3) is 0.962. The lowest BCUT2D eigenvalue weighted by atomic mass is 10.0. The van der Waals surface area contributed by atoms with Crippen LogP contribution in [0, 0.1) is 0 Å². The molecular weight excluding hydrogens is 719 g/mol. The van der Waals surface area contributed by atoms with E-state index < -0.39 is 18.2 Å². The number of unbranched alkanes of at least 4 members (excludes halogenated alkanes) is 36. The zero-order valence-corrected chi connectivity index (χ0v) is 39.5. The van der Waals surface area contributed by atoms with E-state index in [-0.39, 0.29) is 24.9 Å². The van der Waals surface area contributed by atoms with Gasteiger partial charge in [-0.3, -0.25) is 9.59 Å². The summed E-state index contributed by atoms with van der Waals surface area (Å²) in [5.74, 6) is -0.455. The highest BCUT2D eigenvalue weighted by Gasteiger charge is 2.24. The average molecular weight is 822 g/mol. The first kappa shape index (κ1) is 56.9. The van der Waals surface area contributed by atoms with E-state index in [1.165, 1.54) is 212 Å². The van der Waals surface area contributed by atoms with Gasteiger partial charge in [-0.15, -0.1) is 0 Å². The average Bonchev–Trinajstić information content (AvgIpc) is 3.22. The SMILES string of the molecule is CCCCCCCCCCCCCCCCCCCC(O)C(CO)NC(=O)CC(CCCCCCCCCC)OC(=O)CCCCCCCCCCCCCCCC. The maximum absolute atomic E-state index is 13.1. The second-order valence-electron chi connectivity index (χ2n) is 18.3. The van der Waals surface area contributed by atoms with Gasteiger partial charge in [-0.25, -0.2) is 0 Å². The van der Waals surface area contributed by atoms with Gasteiger partial charge < -0.3 is 20.3 Å². The Morgan fingerprint density at radius 3 is 1.05 bits per heavy atom. The van der Waals surface area contributed by atoms with Gasteiger partial charge in [-0.1, -0.05) is 258 Å². The third-order valence-electron chi connectivity index (χ3n) is 12.4. The van der Waals surface area contributed by atoms with Crippen LogP contribution in [0.5, 0.6) is 0 Å². The van der Waals surface area contributed by atoms with E-state index in [2.05, 4.69) is 26.1 Å². The lowest BCUT2D eigenvalue weighted by molar-refractivity contribution is -0.151. The van der Waals surface area contributed by atoms with Crippen molar-refractivity contribution in [3.63, 3.8) is 0 Å². The largest absolute Gasteiger partial charge is 0.462 e. The highest BCUT2D eigenvalue weighted by Crippen LogP contribution is 2.19. The molecule has 0 heterocycles. The van der Waals surface area contributed by atoms with Gasteiger partial charge in [0, 0.05) is 6.42 Å². The Morgan fingerprint density at radius 1 is 0.431 bits per heavy atom. The van der Waals surface area contributed by atoms with E-state index in [0.29, 0.717) is 19.3 Å². The predicted molar refractivity (Wildman–Crippen MR) is 250 cm³/mol. The molecule has 0 aromatic carbocycles. The monoisotopic (exact) mass is 822 g/mol. The molecule has 3 unspecified atom stereocenters. The maximum atomic E-state index is 13.1. The van der Waals surface area contributed by atoms with Crippen molar-refractivity contribution in [1.29, 1.82) is 0 Å². The first-order valence-corrected chi connectivity index (χ1v) is 26.3. The molecule has 0 aliphatic rings. The number of esters is 1. The van der Waals surface area contributed by atoms with Gasteiger partial charge in [0.05, 0.1) is 25.2 Å². The Morgan fingerprint density at radius 2 is 0.724 bits per heavy atom. The summed E-state index contributed by atoms with van der Waals surface area (Å²) in [7, 11) is 0. The second kappa shape index (κ2) is 46.9. The van der Waals surface area contributed by atoms with Gasteiger partial charge in [0.25, 0.3) is 0 Å². The minimum absolute atomic E-state index is 0.0866. The van der Waals surface area contributed by atoms with Crippen molar-refractivity contribution in [2.75, 3.05) is 6.61 Å². The first-order chi connectivity index (χ1) is 28.5. The van der Waals surface area contributed by atoms with Gasteiger partial charge in [0.2, 0.25) is 5.91 Å². The third-order valence-corrected chi connectivity index (χ3v) is 12.4. The fourth-order valence-corrected chi connectivity index (χ4v) is 8.43. The van der Waals surface area contributed by atoms with E-state index in [1.807, 2.05) is 0 Å². The van der Waals surface area contributed by atoms with E-state index in [0.717, 1.165) is 38.5 Å². The van der Waals surface area contributed by atoms with Gasteiger partial charge in [-0.2, -0.15) is 0 Å². The molecule has 6 nitrogen and oxygen atoms in total. The Labute approximate surface area is 362 Å². The lowest BCUT2D eigenvalue weighted by Gasteiger charge is -2.24. The number of nitrogens with one attached hydrogen (secondary N) is 1. The number of hydrogen-bond acceptors (Lipinski definition) is 5. The molecule has 0 saturated heterocycles. The van der Waals surface area contributed by atoms with Crippen molar-refractivity contribution in [2.24, 2.45) is 0 Å². The molecule has 58 heavy (non-hydrogen) atoms. The van der Waals surface area contributed by atoms with Crippen LogP contribution >= 0.6 is 0 Å². The van der Waals surface area contributed by atoms with Crippen molar-refractivity contribution < 1.29 is 24.5 Å². The Kier molecular flexibility index (Phi) is 46.0. The highest BCUT2D eigenvalue weighted by atomic mass is 16.5. The number of aliphatic hydroxyl groups excluding tert-OH is 2. The molecule has 0 radical (unpaired) electrons. The van der Waals surface area contributed by atoms with Crippen LogP contribution in [0.25, 0.3) is 0 Å². The fourth-order valence-electron chi connectivity index (χ4n) is 8.43. The normalized spacial score (nSPS) is 13.1. The summed E-state index contributed by atoms with van der Waals surface area (Å²) >= 11 is 0. The van der Waals surface area contributed by atoms with E-state index >= 15 is 0 Å². The quantitative estimate of drug-likeness (QED) is 0.0420. The molecule has 0 saturated carbocycles.